The molecule has 0 bridgehead atoms. The van der Waals surface area contributed by atoms with Gasteiger partial charge in [0.25, 0.3) is 0 Å². The Balaban J connectivity index is 1.72. The van der Waals surface area contributed by atoms with Crippen LogP contribution in [0.15, 0.2) is 59.8 Å². The normalized spacial score (nSPS) is 10.6. The fourth-order valence-electron chi connectivity index (χ4n) is 2.20. The Hall–Kier alpha value is -2.04. The third kappa shape index (κ3) is 4.73. The molecule has 0 fully saturated rings. The van der Waals surface area contributed by atoms with Gasteiger partial charge in [-0.15, -0.1) is 0 Å². The van der Waals surface area contributed by atoms with Crippen LogP contribution >= 0.6 is 23.4 Å². The third-order valence-corrected chi connectivity index (χ3v) is 4.47. The second-order valence-corrected chi connectivity index (χ2v) is 6.84. The van der Waals surface area contributed by atoms with E-state index < -0.39 is 0 Å². The predicted octanol–water partition coefficient (Wildman–Crippen LogP) is 5.83. The largest absolute Gasteiger partial charge is 0.439 e. The molecule has 0 saturated carbocycles. The number of hydrogen-bond acceptors (Lipinski definition) is 4. The van der Waals surface area contributed by atoms with E-state index in [9.17, 15) is 0 Å². The summed E-state index contributed by atoms with van der Waals surface area (Å²) in [5, 5.41) is 1.39. The fraction of sp³-hybridized carbons (Fsp3) is 0.158. The van der Waals surface area contributed by atoms with Crippen LogP contribution in [0.3, 0.4) is 0 Å². The Labute approximate surface area is 151 Å². The summed E-state index contributed by atoms with van der Waals surface area (Å²) in [4.78, 5) is 8.96. The Morgan fingerprint density at radius 1 is 1.00 bits per heavy atom. The van der Waals surface area contributed by atoms with Crippen molar-refractivity contribution in [1.82, 2.24) is 9.97 Å². The van der Waals surface area contributed by atoms with Gasteiger partial charge >= 0.3 is 0 Å². The Morgan fingerprint density at radius 3 is 2.54 bits per heavy atom. The van der Waals surface area contributed by atoms with Gasteiger partial charge in [-0.25, -0.2) is 4.98 Å². The summed E-state index contributed by atoms with van der Waals surface area (Å²) in [5.74, 6) is 2.06. The molecule has 0 aliphatic heterocycles. The Kier molecular flexibility index (Phi) is 5.38. The summed E-state index contributed by atoms with van der Waals surface area (Å²) in [6, 6.07) is 17.5. The van der Waals surface area contributed by atoms with Crippen molar-refractivity contribution < 1.29 is 4.74 Å². The average Bonchev–Trinajstić information content (AvgIpc) is 2.55. The van der Waals surface area contributed by atoms with Gasteiger partial charge < -0.3 is 4.74 Å². The van der Waals surface area contributed by atoms with Crippen LogP contribution in [0.5, 0.6) is 11.6 Å². The maximum Gasteiger partial charge on any atom is 0.223 e. The van der Waals surface area contributed by atoms with Crippen molar-refractivity contribution >= 4 is 23.4 Å². The van der Waals surface area contributed by atoms with Gasteiger partial charge in [0.2, 0.25) is 5.88 Å². The molecular weight excluding hydrogens is 340 g/mol. The minimum absolute atomic E-state index is 0.538. The number of ether oxygens (including phenoxy) is 1. The number of nitrogens with zero attached hydrogens (tertiary/aromatic N) is 2. The van der Waals surface area contributed by atoms with Gasteiger partial charge in [0.1, 0.15) is 5.75 Å². The van der Waals surface area contributed by atoms with E-state index in [-0.39, 0.29) is 0 Å². The minimum atomic E-state index is 0.538. The molecule has 0 aliphatic carbocycles. The zero-order valence-electron chi connectivity index (χ0n) is 13.5. The highest BCUT2D eigenvalue weighted by molar-refractivity contribution is 7.98. The average molecular weight is 357 g/mol. The van der Waals surface area contributed by atoms with Gasteiger partial charge in [-0.05, 0) is 43.7 Å². The summed E-state index contributed by atoms with van der Waals surface area (Å²) in [7, 11) is 0. The van der Waals surface area contributed by atoms with E-state index in [1.807, 2.05) is 25.1 Å². The summed E-state index contributed by atoms with van der Waals surface area (Å²) >= 11 is 7.49. The molecule has 0 saturated heterocycles. The van der Waals surface area contributed by atoms with Crippen LogP contribution in [0, 0.1) is 13.8 Å². The molecule has 0 unspecified atom stereocenters. The number of benzene rings is 2. The summed E-state index contributed by atoms with van der Waals surface area (Å²) in [5.41, 5.74) is 3.39. The molecule has 5 heteroatoms. The van der Waals surface area contributed by atoms with Gasteiger partial charge in [0.05, 0.1) is 0 Å². The van der Waals surface area contributed by atoms with Crippen LogP contribution in [0.4, 0.5) is 0 Å². The maximum absolute atomic E-state index is 5.89. The fourth-order valence-corrected chi connectivity index (χ4v) is 3.17. The van der Waals surface area contributed by atoms with Crippen molar-refractivity contribution in [1.29, 1.82) is 0 Å². The van der Waals surface area contributed by atoms with Crippen LogP contribution < -0.4 is 4.74 Å². The summed E-state index contributed by atoms with van der Waals surface area (Å²) < 4.78 is 5.80. The van der Waals surface area contributed by atoms with Crippen molar-refractivity contribution in [3.63, 3.8) is 0 Å². The quantitative estimate of drug-likeness (QED) is 0.425. The van der Waals surface area contributed by atoms with E-state index in [2.05, 4.69) is 41.2 Å². The highest BCUT2D eigenvalue weighted by Gasteiger charge is 2.06. The molecule has 0 atom stereocenters. The lowest BCUT2D eigenvalue weighted by Crippen LogP contribution is -1.95. The van der Waals surface area contributed by atoms with Gasteiger partial charge in [-0.2, -0.15) is 4.98 Å². The lowest BCUT2D eigenvalue weighted by atomic mass is 10.2. The first-order chi connectivity index (χ1) is 11.6. The topological polar surface area (TPSA) is 35.0 Å². The highest BCUT2D eigenvalue weighted by atomic mass is 35.5. The molecule has 122 valence electrons. The van der Waals surface area contributed by atoms with Gasteiger partial charge in [-0.3, -0.25) is 0 Å². The molecule has 0 radical (unpaired) electrons. The molecule has 24 heavy (non-hydrogen) atoms. The molecule has 0 amide bonds. The smallest absolute Gasteiger partial charge is 0.223 e. The lowest BCUT2D eigenvalue weighted by molar-refractivity contribution is 0.454. The molecule has 0 N–H and O–H groups in total. The van der Waals surface area contributed by atoms with E-state index >= 15 is 0 Å². The number of thioether (sulfide) groups is 1. The van der Waals surface area contributed by atoms with Crippen LogP contribution in [0.25, 0.3) is 0 Å². The van der Waals surface area contributed by atoms with E-state index in [0.717, 1.165) is 11.4 Å². The molecule has 0 spiro atoms. The zero-order valence-corrected chi connectivity index (χ0v) is 15.1. The summed E-state index contributed by atoms with van der Waals surface area (Å²) in [6.45, 7) is 4.03. The SMILES string of the molecule is Cc1cccc(CSc2nc(C)cc(Oc3ccc(Cl)cc3)n2)c1. The minimum Gasteiger partial charge on any atom is -0.439 e. The standard InChI is InChI=1S/C19H17ClN2OS/c1-13-4-3-5-15(10-13)12-24-19-21-14(2)11-18(22-19)23-17-8-6-16(20)7-9-17/h3-11H,12H2,1-2H3. The van der Waals surface area contributed by atoms with Crippen molar-refractivity contribution in [3.8, 4) is 11.6 Å². The zero-order chi connectivity index (χ0) is 16.9. The first kappa shape index (κ1) is 16.8. The summed E-state index contributed by atoms with van der Waals surface area (Å²) in [6.07, 6.45) is 0. The molecular formula is C19H17ClN2OS. The first-order valence-electron chi connectivity index (χ1n) is 7.56. The second kappa shape index (κ2) is 7.69. The number of aromatic nitrogens is 2. The number of rotatable bonds is 5. The molecule has 2 aromatic carbocycles. The van der Waals surface area contributed by atoms with Crippen LogP contribution in [0.1, 0.15) is 16.8 Å². The Morgan fingerprint density at radius 2 is 1.79 bits per heavy atom. The molecule has 3 aromatic rings. The molecule has 3 nitrogen and oxygen atoms in total. The second-order valence-electron chi connectivity index (χ2n) is 5.46. The Bertz CT molecular complexity index is 837. The first-order valence-corrected chi connectivity index (χ1v) is 8.92. The third-order valence-electron chi connectivity index (χ3n) is 3.30. The van der Waals surface area contributed by atoms with E-state index in [4.69, 9.17) is 16.3 Å². The molecule has 0 aliphatic rings. The van der Waals surface area contributed by atoms with Crippen molar-refractivity contribution in [2.24, 2.45) is 0 Å². The van der Waals surface area contributed by atoms with Gasteiger partial charge in [-0.1, -0.05) is 53.2 Å². The molecule has 1 aromatic heterocycles. The van der Waals surface area contributed by atoms with Crippen LogP contribution in [-0.4, -0.2) is 9.97 Å². The van der Waals surface area contributed by atoms with E-state index in [1.54, 1.807) is 23.9 Å². The number of halogens is 1. The maximum atomic E-state index is 5.89. The van der Waals surface area contributed by atoms with Crippen molar-refractivity contribution in [2.75, 3.05) is 0 Å². The number of aryl methyl sites for hydroxylation is 2. The highest BCUT2D eigenvalue weighted by Crippen LogP contribution is 2.26. The van der Waals surface area contributed by atoms with Crippen molar-refractivity contribution in [2.45, 2.75) is 24.8 Å². The monoisotopic (exact) mass is 356 g/mol. The number of hydrogen-bond donors (Lipinski definition) is 0. The van der Waals surface area contributed by atoms with Crippen LogP contribution in [-0.2, 0) is 5.75 Å². The lowest BCUT2D eigenvalue weighted by Gasteiger charge is -2.08. The predicted molar refractivity (Wildman–Crippen MR) is 99.0 cm³/mol. The van der Waals surface area contributed by atoms with E-state index in [1.165, 1.54) is 11.1 Å². The van der Waals surface area contributed by atoms with Crippen LogP contribution in [0.2, 0.25) is 5.02 Å². The van der Waals surface area contributed by atoms with Gasteiger partial charge in [0, 0.05) is 22.5 Å². The molecule has 3 rings (SSSR count). The van der Waals surface area contributed by atoms with E-state index in [0.29, 0.717) is 21.8 Å². The van der Waals surface area contributed by atoms with Gasteiger partial charge in [0.15, 0.2) is 5.16 Å². The van der Waals surface area contributed by atoms with Crippen molar-refractivity contribution in [3.05, 3.63) is 76.4 Å². The molecule has 1 heterocycles.